The fraction of sp³-hybridized carbons (Fsp3) is 0.250. The third-order valence-electron chi connectivity index (χ3n) is 0.633. The molecule has 0 aliphatic carbocycles. The normalized spacial score (nSPS) is 8.40. The van der Waals surface area contributed by atoms with Gasteiger partial charge in [-0.05, 0) is 0 Å². The monoisotopic (exact) mass is 162 g/mol. The van der Waals surface area contributed by atoms with E-state index in [-0.39, 0.29) is 0 Å². The van der Waals surface area contributed by atoms with Gasteiger partial charge in [0.25, 0.3) is 0 Å². The molecule has 0 rings (SSSR count). The molecule has 6 heteroatoms. The largest absolute Gasteiger partial charge is 0.550 e. The lowest BCUT2D eigenvalue weighted by molar-refractivity contribution is -0.306. The van der Waals surface area contributed by atoms with Crippen LogP contribution in [0.3, 0.4) is 0 Å². The summed E-state index contributed by atoms with van der Waals surface area (Å²) in [4.78, 5) is 18.7. The molecule has 0 aromatic carbocycles. The molecular weight excluding hydrogens is 160 g/mol. The summed E-state index contributed by atoms with van der Waals surface area (Å²) in [6.45, 7) is 0. The van der Waals surface area contributed by atoms with Gasteiger partial charge in [-0.25, -0.2) is 4.21 Å². The van der Waals surface area contributed by atoms with Crippen LogP contribution in [0.25, 0.3) is 0 Å². The fourth-order valence-electron chi connectivity index (χ4n) is 0.267. The second-order valence-electron chi connectivity index (χ2n) is 1.34. The lowest BCUT2D eigenvalue weighted by Gasteiger charge is -2.02. The van der Waals surface area contributed by atoms with Gasteiger partial charge >= 0.3 is 0 Å². The van der Waals surface area contributed by atoms with E-state index in [4.69, 9.17) is 0 Å². The predicted octanol–water partition coefficient (Wildman–Crippen LogP) is -3.74. The number of carboxylic acid groups (broad SMARTS) is 2. The maximum atomic E-state index is 9.81. The summed E-state index contributed by atoms with van der Waals surface area (Å²) in [5, 5.41) is 19.5. The van der Waals surface area contributed by atoms with Crippen LogP contribution in [0.5, 0.6) is 0 Å². The van der Waals surface area contributed by atoms with E-state index >= 15 is 0 Å². The third kappa shape index (κ3) is 2.98. The highest BCUT2D eigenvalue weighted by atomic mass is 32.1. The first-order valence-corrected chi connectivity index (χ1v) is 2.89. The van der Waals surface area contributed by atoms with Crippen molar-refractivity contribution >= 4 is 28.1 Å². The van der Waals surface area contributed by atoms with Crippen LogP contribution in [0.4, 0.5) is 0 Å². The summed E-state index contributed by atoms with van der Waals surface area (Å²) < 4.78 is 9.77. The Balaban J connectivity index is 4.27. The van der Waals surface area contributed by atoms with Gasteiger partial charge in [0.15, 0.2) is 0 Å². The van der Waals surface area contributed by atoms with E-state index in [0.717, 1.165) is 0 Å². The maximum absolute atomic E-state index is 9.81. The van der Waals surface area contributed by atoms with Gasteiger partial charge in [0.2, 0.25) is 0 Å². The molecule has 0 heterocycles. The van der Waals surface area contributed by atoms with Crippen molar-refractivity contribution < 1.29 is 24.0 Å². The van der Waals surface area contributed by atoms with Crippen molar-refractivity contribution in [2.45, 2.75) is 6.42 Å². The number of rotatable bonds is 3. The number of aliphatic carboxylic acids is 2. The molecule has 0 aromatic heterocycles. The molecule has 5 nitrogen and oxygen atoms in total. The zero-order valence-electron chi connectivity index (χ0n) is 4.66. The summed E-state index contributed by atoms with van der Waals surface area (Å²) in [5.74, 6) is -3.37. The first-order valence-electron chi connectivity index (χ1n) is 2.14. The van der Waals surface area contributed by atoms with Crippen LogP contribution in [-0.4, -0.2) is 21.0 Å². The van der Waals surface area contributed by atoms with Crippen molar-refractivity contribution in [2.24, 2.45) is 0 Å². The topological polar surface area (TPSA) is 97.3 Å². The molecule has 0 radical (unpaired) electrons. The van der Waals surface area contributed by atoms with Crippen LogP contribution in [0.2, 0.25) is 0 Å². The van der Waals surface area contributed by atoms with Crippen LogP contribution >= 0.6 is 0 Å². The van der Waals surface area contributed by atoms with E-state index < -0.39 is 34.5 Å². The molecule has 0 aromatic rings. The highest BCUT2D eigenvalue weighted by Gasteiger charge is 1.98. The van der Waals surface area contributed by atoms with E-state index in [1.807, 2.05) is 0 Å². The highest BCUT2D eigenvalue weighted by Crippen LogP contribution is 1.78. The van der Waals surface area contributed by atoms with Gasteiger partial charge in [0, 0.05) is 12.4 Å². The molecule has 0 spiro atoms. The summed E-state index contributed by atoms with van der Waals surface area (Å²) in [6, 6.07) is 0. The lowest BCUT2D eigenvalue weighted by Crippen LogP contribution is -2.36. The van der Waals surface area contributed by atoms with Crippen molar-refractivity contribution in [3.05, 3.63) is 0 Å². The minimum atomic E-state index is -1.76. The van der Waals surface area contributed by atoms with E-state index in [2.05, 4.69) is 0 Å². The second kappa shape index (κ2) is 3.78. The molecule has 0 saturated carbocycles. The van der Waals surface area contributed by atoms with Crippen molar-refractivity contribution in [3.8, 4) is 0 Å². The quantitative estimate of drug-likeness (QED) is 0.397. The molecule has 0 atom stereocenters. The molecule has 0 saturated heterocycles. The smallest absolute Gasteiger partial charge is 0.0943 e. The summed E-state index contributed by atoms with van der Waals surface area (Å²) in [6.07, 6.45) is -0.892. The maximum Gasteiger partial charge on any atom is 0.0943 e. The van der Waals surface area contributed by atoms with Crippen molar-refractivity contribution in [1.29, 1.82) is 0 Å². The Morgan fingerprint density at radius 3 is 1.90 bits per heavy atom. The van der Waals surface area contributed by atoms with E-state index in [1.165, 1.54) is 0 Å². The molecule has 0 bridgehead atoms. The molecule has 0 amide bonds. The minimum Gasteiger partial charge on any atom is -0.550 e. The Bertz CT molecular complexity index is 214. The first-order chi connectivity index (χ1) is 4.57. The third-order valence-corrected chi connectivity index (χ3v) is 1.15. The number of hydrogen-bond acceptors (Lipinski definition) is 5. The number of carbonyl (C=O) groups excluding carboxylic acids is 2. The zero-order chi connectivity index (χ0) is 8.15. The summed E-state index contributed by atoms with van der Waals surface area (Å²) >= 11 is -0.410. The number of carboxylic acids is 2. The van der Waals surface area contributed by atoms with Crippen LogP contribution in [0, 0.1) is 0 Å². The lowest BCUT2D eigenvalue weighted by atomic mass is 10.3. The number of hydrogen-bond donors (Lipinski definition) is 0. The highest BCUT2D eigenvalue weighted by molar-refractivity contribution is 7.68. The van der Waals surface area contributed by atoms with Crippen molar-refractivity contribution in [2.75, 3.05) is 0 Å². The molecule has 56 valence electrons. The summed E-state index contributed by atoms with van der Waals surface area (Å²) in [5.41, 5.74) is 0. The van der Waals surface area contributed by atoms with E-state index in [1.54, 1.807) is 0 Å². The Morgan fingerprint density at radius 2 is 1.80 bits per heavy atom. The van der Waals surface area contributed by atoms with Gasteiger partial charge < -0.3 is 19.8 Å². The standard InChI is InChI=1S/C4H4O5S/c5-3(6)1-2(10-9)4(7)8/h1H2,(H,5,6)(H,7,8)/p-2. The van der Waals surface area contributed by atoms with Gasteiger partial charge in [0.05, 0.1) is 22.1 Å². The molecule has 10 heavy (non-hydrogen) atoms. The van der Waals surface area contributed by atoms with Gasteiger partial charge in [-0.2, -0.15) is 0 Å². The zero-order valence-corrected chi connectivity index (χ0v) is 5.47. The van der Waals surface area contributed by atoms with E-state index in [0.29, 0.717) is 0 Å². The molecule has 0 aliphatic rings. The SMILES string of the molecule is O=S=C(CC(=O)[O-])C(=O)[O-]. The average Bonchev–Trinajstić information content (AvgIpc) is 1.81. The summed E-state index contributed by atoms with van der Waals surface area (Å²) in [7, 11) is 0. The van der Waals surface area contributed by atoms with Crippen LogP contribution < -0.4 is 10.2 Å². The second-order valence-corrected chi connectivity index (χ2v) is 2.00. The Hall–Kier alpha value is -1.17. The Morgan fingerprint density at radius 1 is 1.30 bits per heavy atom. The van der Waals surface area contributed by atoms with Gasteiger partial charge in [-0.1, -0.05) is 0 Å². The van der Waals surface area contributed by atoms with Gasteiger partial charge in [-0.3, -0.25) is 0 Å². The van der Waals surface area contributed by atoms with Crippen molar-refractivity contribution in [1.82, 2.24) is 0 Å². The first kappa shape index (κ1) is 8.83. The molecule has 0 fully saturated rings. The molecular formula is C4H2O5S-2. The molecule has 0 N–H and O–H groups in total. The van der Waals surface area contributed by atoms with Gasteiger partial charge in [0.1, 0.15) is 0 Å². The number of carbonyl (C=O) groups is 2. The fourth-order valence-corrected chi connectivity index (χ4v) is 0.512. The van der Waals surface area contributed by atoms with Crippen LogP contribution in [0.15, 0.2) is 0 Å². The Kier molecular flexibility index (Phi) is 3.34. The minimum absolute atomic E-state index is 0.410. The molecule has 0 aliphatic heterocycles. The van der Waals surface area contributed by atoms with Gasteiger partial charge in [-0.15, -0.1) is 0 Å². The van der Waals surface area contributed by atoms with Crippen molar-refractivity contribution in [3.63, 3.8) is 0 Å². The molecule has 0 unspecified atom stereocenters. The van der Waals surface area contributed by atoms with Crippen LogP contribution in [0.1, 0.15) is 6.42 Å². The van der Waals surface area contributed by atoms with Crippen LogP contribution in [-0.2, 0) is 20.8 Å². The predicted molar refractivity (Wildman–Crippen MR) is 27.8 cm³/mol. The average molecular weight is 162 g/mol. The van der Waals surface area contributed by atoms with E-state index in [9.17, 15) is 24.0 Å². The Labute approximate surface area is 59.4 Å².